The molecular formula is C23H33N5O2. The molecule has 2 heterocycles. The van der Waals surface area contributed by atoms with Crippen LogP contribution in [0.3, 0.4) is 0 Å². The lowest BCUT2D eigenvalue weighted by molar-refractivity contribution is 0.305. The van der Waals surface area contributed by atoms with Crippen molar-refractivity contribution in [3.8, 4) is 11.6 Å². The normalized spacial score (nSPS) is 16.4. The van der Waals surface area contributed by atoms with E-state index in [4.69, 9.17) is 14.5 Å². The number of anilines is 1. The average molecular weight is 412 g/mol. The van der Waals surface area contributed by atoms with Crippen LogP contribution >= 0.6 is 0 Å². The number of aromatic nitrogens is 1. The van der Waals surface area contributed by atoms with Crippen LogP contribution < -0.4 is 25.0 Å². The Morgan fingerprint density at radius 3 is 2.83 bits per heavy atom. The summed E-state index contributed by atoms with van der Waals surface area (Å²) in [6, 6.07) is 12.4. The van der Waals surface area contributed by atoms with E-state index in [0.717, 1.165) is 55.4 Å². The lowest BCUT2D eigenvalue weighted by Crippen LogP contribution is -2.44. The Balaban J connectivity index is 1.57. The second-order valence-electron chi connectivity index (χ2n) is 7.30. The van der Waals surface area contributed by atoms with E-state index in [9.17, 15) is 0 Å². The SMILES string of the molecule is CCCOc1ccc(CN=C(NCC)NC2CCN(c3ccccc3OC)C2)cn1. The molecule has 0 amide bonds. The molecule has 0 saturated carbocycles. The third-order valence-corrected chi connectivity index (χ3v) is 4.97. The van der Waals surface area contributed by atoms with Gasteiger partial charge in [0.2, 0.25) is 5.88 Å². The second kappa shape index (κ2) is 11.3. The first-order valence-electron chi connectivity index (χ1n) is 10.7. The first-order chi connectivity index (χ1) is 14.7. The van der Waals surface area contributed by atoms with Crippen LogP contribution in [0.25, 0.3) is 0 Å². The van der Waals surface area contributed by atoms with E-state index in [1.54, 1.807) is 7.11 Å². The first kappa shape index (κ1) is 21.7. The molecule has 7 nitrogen and oxygen atoms in total. The van der Waals surface area contributed by atoms with Crippen molar-refractivity contribution in [1.82, 2.24) is 15.6 Å². The standard InChI is InChI=1S/C23H33N5O2/c1-4-14-30-22-11-10-18(15-25-22)16-26-23(24-5-2)27-19-12-13-28(17-19)20-8-6-7-9-21(20)29-3/h6-11,15,19H,4-5,12-14,16-17H2,1-3H3,(H2,24,26,27). The monoisotopic (exact) mass is 411 g/mol. The van der Waals surface area contributed by atoms with Gasteiger partial charge in [-0.25, -0.2) is 9.98 Å². The van der Waals surface area contributed by atoms with Crippen molar-refractivity contribution in [2.24, 2.45) is 4.99 Å². The second-order valence-corrected chi connectivity index (χ2v) is 7.30. The zero-order chi connectivity index (χ0) is 21.2. The highest BCUT2D eigenvalue weighted by Crippen LogP contribution is 2.30. The van der Waals surface area contributed by atoms with E-state index in [2.05, 4.69) is 46.5 Å². The molecule has 162 valence electrons. The van der Waals surface area contributed by atoms with Gasteiger partial charge in [-0.05, 0) is 37.5 Å². The molecule has 0 bridgehead atoms. The van der Waals surface area contributed by atoms with Crippen molar-refractivity contribution < 1.29 is 9.47 Å². The van der Waals surface area contributed by atoms with E-state index in [1.165, 1.54) is 0 Å². The molecule has 1 atom stereocenters. The van der Waals surface area contributed by atoms with Crippen molar-refractivity contribution in [3.63, 3.8) is 0 Å². The number of nitrogens with zero attached hydrogens (tertiary/aromatic N) is 3. The summed E-state index contributed by atoms with van der Waals surface area (Å²) in [6.45, 7) is 8.13. The molecule has 1 aromatic heterocycles. The van der Waals surface area contributed by atoms with Gasteiger partial charge in [-0.1, -0.05) is 25.1 Å². The van der Waals surface area contributed by atoms with Crippen LogP contribution in [0.1, 0.15) is 32.3 Å². The lowest BCUT2D eigenvalue weighted by Gasteiger charge is -2.22. The predicted molar refractivity (Wildman–Crippen MR) is 122 cm³/mol. The minimum absolute atomic E-state index is 0.329. The van der Waals surface area contributed by atoms with Gasteiger partial charge in [0.25, 0.3) is 0 Å². The largest absolute Gasteiger partial charge is 0.495 e. The fourth-order valence-electron chi connectivity index (χ4n) is 3.47. The lowest BCUT2D eigenvalue weighted by atomic mass is 10.2. The molecule has 1 saturated heterocycles. The highest BCUT2D eigenvalue weighted by Gasteiger charge is 2.25. The van der Waals surface area contributed by atoms with E-state index in [1.807, 2.05) is 30.5 Å². The number of aliphatic imine (C=N–C) groups is 1. The highest BCUT2D eigenvalue weighted by atomic mass is 16.5. The summed E-state index contributed by atoms with van der Waals surface area (Å²) in [5.74, 6) is 2.41. The summed E-state index contributed by atoms with van der Waals surface area (Å²) in [5, 5.41) is 6.92. The molecule has 7 heteroatoms. The minimum Gasteiger partial charge on any atom is -0.495 e. The van der Waals surface area contributed by atoms with Crippen molar-refractivity contribution in [2.75, 3.05) is 38.3 Å². The van der Waals surface area contributed by atoms with Gasteiger partial charge < -0.3 is 25.0 Å². The molecule has 1 aromatic carbocycles. The number of rotatable bonds is 9. The van der Waals surface area contributed by atoms with Gasteiger partial charge in [0.15, 0.2) is 5.96 Å². The van der Waals surface area contributed by atoms with Gasteiger partial charge in [-0.15, -0.1) is 0 Å². The summed E-state index contributed by atoms with van der Waals surface area (Å²) >= 11 is 0. The average Bonchev–Trinajstić information content (AvgIpc) is 3.25. The molecule has 3 rings (SSSR count). The van der Waals surface area contributed by atoms with Gasteiger partial charge in [0.1, 0.15) is 5.75 Å². The number of para-hydroxylation sites is 2. The van der Waals surface area contributed by atoms with Crippen LogP contribution in [-0.2, 0) is 6.54 Å². The number of hydrogen-bond acceptors (Lipinski definition) is 5. The van der Waals surface area contributed by atoms with Crippen LogP contribution in [0.4, 0.5) is 5.69 Å². The van der Waals surface area contributed by atoms with Crippen molar-refractivity contribution in [3.05, 3.63) is 48.2 Å². The van der Waals surface area contributed by atoms with Gasteiger partial charge >= 0.3 is 0 Å². The van der Waals surface area contributed by atoms with Crippen LogP contribution in [-0.4, -0.2) is 50.3 Å². The molecule has 1 aliphatic rings. The third-order valence-electron chi connectivity index (χ3n) is 4.97. The fourth-order valence-corrected chi connectivity index (χ4v) is 3.47. The number of guanidine groups is 1. The maximum atomic E-state index is 5.54. The van der Waals surface area contributed by atoms with E-state index in [-0.39, 0.29) is 0 Å². The molecule has 1 unspecified atom stereocenters. The summed E-state index contributed by atoms with van der Waals surface area (Å²) in [7, 11) is 1.72. The van der Waals surface area contributed by atoms with Crippen LogP contribution in [0.15, 0.2) is 47.6 Å². The highest BCUT2D eigenvalue weighted by molar-refractivity contribution is 5.80. The molecule has 1 fully saturated rings. The van der Waals surface area contributed by atoms with Crippen molar-refractivity contribution in [1.29, 1.82) is 0 Å². The van der Waals surface area contributed by atoms with Gasteiger partial charge in [-0.2, -0.15) is 0 Å². The maximum Gasteiger partial charge on any atom is 0.213 e. The Labute approximate surface area is 179 Å². The molecular weight excluding hydrogens is 378 g/mol. The minimum atomic E-state index is 0.329. The van der Waals surface area contributed by atoms with E-state index >= 15 is 0 Å². The Morgan fingerprint density at radius 2 is 2.10 bits per heavy atom. The molecule has 30 heavy (non-hydrogen) atoms. The first-order valence-corrected chi connectivity index (χ1v) is 10.7. The van der Waals surface area contributed by atoms with Crippen LogP contribution in [0.2, 0.25) is 0 Å². The zero-order valence-electron chi connectivity index (χ0n) is 18.2. The number of nitrogens with one attached hydrogen (secondary N) is 2. The molecule has 2 aromatic rings. The molecule has 0 spiro atoms. The van der Waals surface area contributed by atoms with Gasteiger partial charge in [0, 0.05) is 37.9 Å². The summed E-state index contributed by atoms with van der Waals surface area (Å²) in [4.78, 5) is 11.5. The van der Waals surface area contributed by atoms with Gasteiger partial charge in [0.05, 0.1) is 25.9 Å². The quantitative estimate of drug-likeness (QED) is 0.488. The van der Waals surface area contributed by atoms with E-state index < -0.39 is 0 Å². The van der Waals surface area contributed by atoms with Crippen LogP contribution in [0, 0.1) is 0 Å². The number of benzene rings is 1. The zero-order valence-corrected chi connectivity index (χ0v) is 18.2. The van der Waals surface area contributed by atoms with Crippen molar-refractivity contribution >= 4 is 11.6 Å². The Hall–Kier alpha value is -2.96. The topological polar surface area (TPSA) is 71.0 Å². The predicted octanol–water partition coefficient (Wildman–Crippen LogP) is 3.21. The summed E-state index contributed by atoms with van der Waals surface area (Å²) in [6.07, 6.45) is 3.85. The molecule has 0 aliphatic carbocycles. The smallest absolute Gasteiger partial charge is 0.213 e. The molecule has 0 radical (unpaired) electrons. The molecule has 1 aliphatic heterocycles. The van der Waals surface area contributed by atoms with Crippen molar-refractivity contribution in [2.45, 2.75) is 39.3 Å². The van der Waals surface area contributed by atoms with E-state index in [0.29, 0.717) is 25.1 Å². The van der Waals surface area contributed by atoms with Gasteiger partial charge in [-0.3, -0.25) is 0 Å². The summed E-state index contributed by atoms with van der Waals surface area (Å²) in [5.41, 5.74) is 2.20. The fraction of sp³-hybridized carbons (Fsp3) is 0.478. The number of ether oxygens (including phenoxy) is 2. The number of pyridine rings is 1. The third kappa shape index (κ3) is 6.02. The Morgan fingerprint density at radius 1 is 1.23 bits per heavy atom. The Kier molecular flexibility index (Phi) is 8.18. The Bertz CT molecular complexity index is 809. The summed E-state index contributed by atoms with van der Waals surface area (Å²) < 4.78 is 11.1. The maximum absolute atomic E-state index is 5.54. The van der Waals surface area contributed by atoms with Crippen LogP contribution in [0.5, 0.6) is 11.6 Å². The number of hydrogen-bond donors (Lipinski definition) is 2. The number of methoxy groups -OCH3 is 1. The molecule has 2 N–H and O–H groups in total.